The Balaban J connectivity index is 1.61. The molecule has 7 amide bonds. The maximum Gasteiger partial charge on any atom is 0.329 e. The number of hydrogen-bond donors (Lipinski definition) is 4. The molecule has 4 aliphatic heterocycles. The smallest absolute Gasteiger partial charge is 0.329 e. The summed E-state index contributed by atoms with van der Waals surface area (Å²) in [6.07, 6.45) is -3.20. The molecule has 11 atom stereocenters. The molecule has 0 aliphatic carbocycles. The molecule has 75 heavy (non-hydrogen) atoms. The van der Waals surface area contributed by atoms with Crippen molar-refractivity contribution in [1.29, 1.82) is 0 Å². The number of aliphatic hydroxyl groups excluding tert-OH is 1. The van der Waals surface area contributed by atoms with Crippen LogP contribution in [0.3, 0.4) is 0 Å². The Bertz CT molecular complexity index is 2310. The van der Waals surface area contributed by atoms with Gasteiger partial charge in [0.05, 0.1) is 25.7 Å². The standard InChI is InChI=1S/C54H81N7O14/c1-13-31(8)44-42(63)26-43(64)75-46(30(6)7)49(67)55-37(22-28(2)3)51(69)60-21-15-17-39(60)53(71)61-27-35-24-36(73-12)19-18-34(35)25-41(61)54(72)74-33(10)45(48(66)56-44)57-47(65)40(23-29(4)5)58(11)52(70)38-16-14-20-59(38)50(68)32(9)62/h18-19,24,28-31,33,37-42,44-46,63H,13-17,20-23,25-27H2,1-12H3,(H,55,67)(H,56,66)(H,57,65)/t31-,33-,37-,38-,39-,40+,41-,42-,44-,45+,46-/m0/s1. The van der Waals surface area contributed by atoms with Gasteiger partial charge in [-0.2, -0.15) is 0 Å². The molecule has 4 heterocycles. The third kappa shape index (κ3) is 14.4. The van der Waals surface area contributed by atoms with E-state index in [-0.39, 0.29) is 63.6 Å². The first-order chi connectivity index (χ1) is 35.3. The molecule has 0 unspecified atom stereocenters. The van der Waals surface area contributed by atoms with Crippen molar-refractivity contribution in [2.45, 2.75) is 194 Å². The largest absolute Gasteiger partial charge is 0.497 e. The number of likely N-dealkylation sites (tertiary alicyclic amines) is 1. The number of carbonyl (C=O) groups is 10. The molecular weight excluding hydrogens is 971 g/mol. The Hall–Kier alpha value is -6.12. The normalized spacial score (nSPS) is 27.3. The van der Waals surface area contributed by atoms with E-state index in [1.807, 2.05) is 27.7 Å². The van der Waals surface area contributed by atoms with Crippen LogP contribution in [-0.4, -0.2) is 172 Å². The predicted octanol–water partition coefficient (Wildman–Crippen LogP) is 2.20. The molecular formula is C54H81N7O14. The van der Waals surface area contributed by atoms with Gasteiger partial charge in [0.1, 0.15) is 48.1 Å². The van der Waals surface area contributed by atoms with Crippen LogP contribution in [0, 0.1) is 23.7 Å². The summed E-state index contributed by atoms with van der Waals surface area (Å²) in [5, 5.41) is 20.1. The SMILES string of the molecule is CC[C@H](C)[C@@H]1NC(=O)[C@H](NC(=O)[C@@H](CC(C)C)N(C)C(=O)[C@@H]2CCCN2C(=O)C(C)=O)[C@H](C)OC(=O)[C@@H]2Cc3ccc(OC)cc3CN2C(=O)[C@@H]2CCCN2C(=O)[C@H](CC(C)C)NC(=O)[C@H](C(C)C)OC(=O)C[C@@H]1O. The molecule has 4 N–H and O–H groups in total. The number of rotatable bonds is 13. The zero-order valence-electron chi connectivity index (χ0n) is 45.8. The number of Topliss-reactive ketones (excluding diaryl/α,β-unsaturated/α-hetero) is 1. The fourth-order valence-electron chi connectivity index (χ4n) is 10.6. The van der Waals surface area contributed by atoms with Gasteiger partial charge in [-0.25, -0.2) is 4.79 Å². The van der Waals surface area contributed by atoms with E-state index < -0.39 is 138 Å². The van der Waals surface area contributed by atoms with Gasteiger partial charge >= 0.3 is 11.9 Å². The zero-order valence-corrected chi connectivity index (χ0v) is 45.8. The van der Waals surface area contributed by atoms with Crippen LogP contribution < -0.4 is 20.7 Å². The van der Waals surface area contributed by atoms with Gasteiger partial charge in [-0.15, -0.1) is 0 Å². The van der Waals surface area contributed by atoms with E-state index in [1.165, 1.54) is 40.7 Å². The third-order valence-corrected chi connectivity index (χ3v) is 15.0. The Morgan fingerprint density at radius 3 is 2.15 bits per heavy atom. The highest BCUT2D eigenvalue weighted by Crippen LogP contribution is 2.32. The average Bonchev–Trinajstić information content (AvgIpc) is 4.06. The fourth-order valence-corrected chi connectivity index (χ4v) is 10.6. The van der Waals surface area contributed by atoms with Gasteiger partial charge in [-0.3, -0.25) is 43.2 Å². The number of esters is 2. The van der Waals surface area contributed by atoms with E-state index in [9.17, 15) is 48.3 Å². The number of fused-ring (bicyclic) bond motifs is 3. The molecule has 0 spiro atoms. The third-order valence-electron chi connectivity index (χ3n) is 15.0. The fraction of sp³-hybridized carbons (Fsp3) is 0.704. The van der Waals surface area contributed by atoms with Crippen LogP contribution in [0.5, 0.6) is 5.75 Å². The first-order valence-corrected chi connectivity index (χ1v) is 26.6. The van der Waals surface area contributed by atoms with Crippen LogP contribution in [0.2, 0.25) is 0 Å². The van der Waals surface area contributed by atoms with Crippen LogP contribution in [0.1, 0.15) is 132 Å². The number of nitrogens with one attached hydrogen (secondary N) is 3. The molecule has 21 nitrogen and oxygen atoms in total. The second kappa shape index (κ2) is 26.1. The number of hydrogen-bond acceptors (Lipinski definition) is 14. The zero-order chi connectivity index (χ0) is 55.7. The highest BCUT2D eigenvalue weighted by atomic mass is 16.6. The molecule has 3 fully saturated rings. The Kier molecular flexibility index (Phi) is 20.8. The van der Waals surface area contributed by atoms with Crippen LogP contribution >= 0.6 is 0 Å². The van der Waals surface area contributed by atoms with Gasteiger partial charge in [0.25, 0.3) is 11.8 Å². The maximum atomic E-state index is 15.1. The summed E-state index contributed by atoms with van der Waals surface area (Å²) in [6.45, 7) is 17.0. The van der Waals surface area contributed by atoms with Gasteiger partial charge in [0, 0.05) is 40.0 Å². The Morgan fingerprint density at radius 1 is 0.853 bits per heavy atom. The van der Waals surface area contributed by atoms with Gasteiger partial charge in [0.15, 0.2) is 6.10 Å². The minimum absolute atomic E-state index is 0.0346. The van der Waals surface area contributed by atoms with E-state index in [4.69, 9.17) is 14.2 Å². The summed E-state index contributed by atoms with van der Waals surface area (Å²) >= 11 is 0. The molecule has 4 aliphatic rings. The van der Waals surface area contributed by atoms with Crippen LogP contribution in [-0.2, 0) is 70.4 Å². The molecule has 0 saturated carbocycles. The number of benzene rings is 1. The van der Waals surface area contributed by atoms with Crippen molar-refractivity contribution in [3.8, 4) is 5.75 Å². The van der Waals surface area contributed by atoms with Gasteiger partial charge in [0.2, 0.25) is 35.3 Å². The van der Waals surface area contributed by atoms with Gasteiger partial charge in [-0.05, 0) is 92.4 Å². The van der Waals surface area contributed by atoms with Crippen molar-refractivity contribution in [3.63, 3.8) is 0 Å². The number of aliphatic hydroxyl groups is 1. The van der Waals surface area contributed by atoms with E-state index >= 15 is 4.79 Å². The topological polar surface area (TPSA) is 268 Å². The molecule has 21 heteroatoms. The maximum absolute atomic E-state index is 15.1. The Morgan fingerprint density at radius 2 is 1.53 bits per heavy atom. The van der Waals surface area contributed by atoms with Crippen molar-refractivity contribution < 1.29 is 67.3 Å². The summed E-state index contributed by atoms with van der Waals surface area (Å²) < 4.78 is 17.4. The van der Waals surface area contributed by atoms with Gasteiger partial charge < -0.3 is 54.9 Å². The molecule has 1 aromatic rings. The van der Waals surface area contributed by atoms with Crippen molar-refractivity contribution >= 4 is 59.1 Å². The van der Waals surface area contributed by atoms with E-state index in [1.54, 1.807) is 45.9 Å². The second-order valence-electron chi connectivity index (χ2n) is 22.0. The molecule has 416 valence electrons. The number of likely N-dealkylation sites (N-methyl/N-ethyl adjacent to an activating group) is 1. The summed E-state index contributed by atoms with van der Waals surface area (Å²) in [4.78, 5) is 147. The quantitative estimate of drug-likeness (QED) is 0.163. The summed E-state index contributed by atoms with van der Waals surface area (Å²) in [6, 6.07) is -3.39. The molecule has 1 aromatic carbocycles. The van der Waals surface area contributed by atoms with Crippen molar-refractivity contribution in [2.75, 3.05) is 27.2 Å². The number of cyclic esters (lactones) is 2. The first-order valence-electron chi connectivity index (χ1n) is 26.6. The minimum Gasteiger partial charge on any atom is -0.497 e. The second-order valence-corrected chi connectivity index (χ2v) is 22.0. The number of nitrogens with zero attached hydrogens (tertiary/aromatic N) is 4. The van der Waals surface area contributed by atoms with E-state index in [0.717, 1.165) is 6.92 Å². The number of methoxy groups -OCH3 is 1. The molecule has 5 rings (SSSR count). The molecule has 3 saturated heterocycles. The highest BCUT2D eigenvalue weighted by Gasteiger charge is 2.47. The van der Waals surface area contributed by atoms with E-state index in [0.29, 0.717) is 36.1 Å². The van der Waals surface area contributed by atoms with Crippen molar-refractivity contribution in [2.24, 2.45) is 23.7 Å². The first kappa shape index (κ1) is 59.8. The van der Waals surface area contributed by atoms with Crippen molar-refractivity contribution in [1.82, 2.24) is 35.6 Å². The van der Waals surface area contributed by atoms with Gasteiger partial charge in [-0.1, -0.05) is 67.9 Å². The molecule has 0 radical (unpaired) electrons. The number of amides is 7. The average molecular weight is 1050 g/mol. The lowest BCUT2D eigenvalue weighted by Gasteiger charge is -2.40. The lowest BCUT2D eigenvalue weighted by Crippen LogP contribution is -2.62. The summed E-state index contributed by atoms with van der Waals surface area (Å²) in [5.41, 5.74) is 1.39. The number of carbonyl (C=O) groups excluding carboxylic acids is 10. The summed E-state index contributed by atoms with van der Waals surface area (Å²) in [7, 11) is 2.90. The highest BCUT2D eigenvalue weighted by molar-refractivity contribution is 6.35. The molecule has 0 aromatic heterocycles. The number of ketones is 1. The molecule has 0 bridgehead atoms. The number of ether oxygens (including phenoxy) is 3. The van der Waals surface area contributed by atoms with Crippen LogP contribution in [0.25, 0.3) is 0 Å². The predicted molar refractivity (Wildman–Crippen MR) is 273 cm³/mol. The lowest BCUT2D eigenvalue weighted by atomic mass is 9.92. The van der Waals surface area contributed by atoms with Crippen LogP contribution in [0.4, 0.5) is 0 Å². The monoisotopic (exact) mass is 1050 g/mol. The minimum atomic E-state index is -1.72. The Labute approximate surface area is 440 Å². The summed E-state index contributed by atoms with van der Waals surface area (Å²) in [5.74, 6) is -8.54. The van der Waals surface area contributed by atoms with E-state index in [2.05, 4.69) is 16.0 Å². The lowest BCUT2D eigenvalue weighted by molar-refractivity contribution is -0.164. The van der Waals surface area contributed by atoms with Crippen LogP contribution in [0.15, 0.2) is 18.2 Å². The van der Waals surface area contributed by atoms with Crippen molar-refractivity contribution in [3.05, 3.63) is 29.3 Å².